The first kappa shape index (κ1) is 28.7. The zero-order valence-corrected chi connectivity index (χ0v) is 21.5. The van der Waals surface area contributed by atoms with Crippen molar-refractivity contribution in [2.45, 2.75) is 0 Å². The van der Waals surface area contributed by atoms with Gasteiger partial charge in [0.2, 0.25) is 11.6 Å². The highest BCUT2D eigenvalue weighted by Gasteiger charge is 2.26. The van der Waals surface area contributed by atoms with Crippen molar-refractivity contribution in [1.82, 2.24) is 9.35 Å². The summed E-state index contributed by atoms with van der Waals surface area (Å²) >= 11 is 0. The van der Waals surface area contributed by atoms with Crippen LogP contribution in [0.5, 0.6) is 0 Å². The smallest absolute Gasteiger partial charge is 0.200 e. The van der Waals surface area contributed by atoms with Crippen molar-refractivity contribution in [2.75, 3.05) is 0 Å². The molecular formula is C30H12F10N4. The van der Waals surface area contributed by atoms with Crippen LogP contribution >= 0.6 is 0 Å². The molecule has 6 aromatic rings. The van der Waals surface area contributed by atoms with E-state index in [4.69, 9.17) is 0 Å². The van der Waals surface area contributed by atoms with E-state index in [9.17, 15) is 43.9 Å². The van der Waals surface area contributed by atoms with E-state index >= 15 is 0 Å². The largest absolute Gasteiger partial charge is 0.256 e. The van der Waals surface area contributed by atoms with Gasteiger partial charge in [0.15, 0.2) is 46.5 Å². The lowest BCUT2D eigenvalue weighted by molar-refractivity contribution is 0.381. The van der Waals surface area contributed by atoms with Crippen molar-refractivity contribution in [3.05, 3.63) is 130 Å². The maximum Gasteiger partial charge on any atom is 0.200 e. The minimum absolute atomic E-state index is 0.186. The molecule has 0 amide bonds. The Morgan fingerprint density at radius 2 is 0.727 bits per heavy atom. The second kappa shape index (κ2) is 10.7. The molecule has 0 atom stereocenters. The van der Waals surface area contributed by atoms with Crippen LogP contribution < -0.4 is 0 Å². The second-order valence-electron chi connectivity index (χ2n) is 9.24. The SMILES string of the molecule is Fc1c(F)c(F)c(N=Cc2cccc3ccn(-n4ccc5cccc(C=Nc6c(F)c(F)c(F)c(F)c6F)c54)c23)c(F)c1F. The molecule has 2 aromatic heterocycles. The Kier molecular flexibility index (Phi) is 6.98. The second-order valence-corrected chi connectivity index (χ2v) is 9.24. The quantitative estimate of drug-likeness (QED) is 0.0802. The number of aromatic nitrogens is 2. The van der Waals surface area contributed by atoms with Crippen molar-refractivity contribution in [3.8, 4) is 0 Å². The predicted octanol–water partition coefficient (Wildman–Crippen LogP) is 8.80. The van der Waals surface area contributed by atoms with Crippen LogP contribution in [0.3, 0.4) is 0 Å². The molecule has 14 heteroatoms. The zero-order valence-electron chi connectivity index (χ0n) is 21.5. The standard InChI is InChI=1S/C30H12F10N4/c31-17-19(33)23(37)27(24(38)20(17)34)41-11-15-5-1-3-13-7-9-43(29(13)15)44-10-8-14-4-2-6-16(30(14)44)12-42-28-25(39)21(35)18(32)22(36)26(28)40/h1-12H. The highest BCUT2D eigenvalue weighted by Crippen LogP contribution is 2.32. The van der Waals surface area contributed by atoms with Gasteiger partial charge in [-0.1, -0.05) is 36.4 Å². The number of benzene rings is 4. The topological polar surface area (TPSA) is 34.6 Å². The number of nitrogens with zero attached hydrogens (tertiary/aromatic N) is 4. The van der Waals surface area contributed by atoms with Gasteiger partial charge in [-0.25, -0.2) is 53.9 Å². The van der Waals surface area contributed by atoms with Gasteiger partial charge in [0.05, 0.1) is 11.0 Å². The zero-order chi connectivity index (χ0) is 31.4. The van der Waals surface area contributed by atoms with E-state index in [1.165, 1.54) is 21.5 Å². The third-order valence-corrected chi connectivity index (χ3v) is 6.72. The van der Waals surface area contributed by atoms with Crippen molar-refractivity contribution in [1.29, 1.82) is 0 Å². The van der Waals surface area contributed by atoms with Gasteiger partial charge in [-0.05, 0) is 12.1 Å². The van der Waals surface area contributed by atoms with E-state index < -0.39 is 69.5 Å². The summed E-state index contributed by atoms with van der Waals surface area (Å²) in [4.78, 5) is 7.09. The van der Waals surface area contributed by atoms with Gasteiger partial charge in [0, 0.05) is 46.7 Å². The molecule has 2 heterocycles. The van der Waals surface area contributed by atoms with E-state index in [1.54, 1.807) is 48.8 Å². The number of halogens is 10. The van der Waals surface area contributed by atoms with Crippen LogP contribution in [0.4, 0.5) is 55.3 Å². The Hall–Kier alpha value is -5.40. The maximum absolute atomic E-state index is 14.2. The lowest BCUT2D eigenvalue weighted by Gasteiger charge is -2.12. The van der Waals surface area contributed by atoms with Crippen LogP contribution in [-0.4, -0.2) is 21.8 Å². The minimum Gasteiger partial charge on any atom is -0.256 e. The molecule has 0 N–H and O–H groups in total. The van der Waals surface area contributed by atoms with Crippen molar-refractivity contribution in [3.63, 3.8) is 0 Å². The molecule has 0 saturated heterocycles. The summed E-state index contributed by atoms with van der Waals surface area (Å²) in [6.07, 6.45) is 4.96. The van der Waals surface area contributed by atoms with Crippen LogP contribution in [-0.2, 0) is 0 Å². The van der Waals surface area contributed by atoms with Crippen LogP contribution in [0.2, 0.25) is 0 Å². The number of para-hydroxylation sites is 2. The Morgan fingerprint density at radius 1 is 0.409 bits per heavy atom. The van der Waals surface area contributed by atoms with Gasteiger partial charge in [-0.3, -0.25) is 9.35 Å². The van der Waals surface area contributed by atoms with Crippen LogP contribution in [0, 0.1) is 58.2 Å². The fraction of sp³-hybridized carbons (Fsp3) is 0. The van der Waals surface area contributed by atoms with Gasteiger partial charge < -0.3 is 0 Å². The third kappa shape index (κ3) is 4.41. The molecule has 4 nitrogen and oxygen atoms in total. The molecule has 0 radical (unpaired) electrons. The summed E-state index contributed by atoms with van der Waals surface area (Å²) in [5, 5.41) is 1.11. The molecule has 6 rings (SSSR count). The lowest BCUT2D eigenvalue weighted by atomic mass is 10.1. The Balaban J connectivity index is 1.50. The summed E-state index contributed by atoms with van der Waals surface area (Å²) in [6, 6.07) is 12.7. The van der Waals surface area contributed by atoms with Crippen LogP contribution in [0.1, 0.15) is 11.1 Å². The Labute approximate surface area is 239 Å². The van der Waals surface area contributed by atoms with Gasteiger partial charge in [-0.2, -0.15) is 0 Å². The summed E-state index contributed by atoms with van der Waals surface area (Å²) in [5.41, 5.74) is -1.71. The van der Waals surface area contributed by atoms with Gasteiger partial charge in [0.1, 0.15) is 11.4 Å². The predicted molar refractivity (Wildman–Crippen MR) is 142 cm³/mol. The number of rotatable bonds is 5. The third-order valence-electron chi connectivity index (χ3n) is 6.72. The highest BCUT2D eigenvalue weighted by molar-refractivity contribution is 6.01. The molecule has 0 unspecified atom stereocenters. The normalized spacial score (nSPS) is 12.1. The molecule has 44 heavy (non-hydrogen) atoms. The minimum atomic E-state index is -2.33. The van der Waals surface area contributed by atoms with E-state index in [1.807, 2.05) is 0 Å². The number of fused-ring (bicyclic) bond motifs is 2. The fourth-order valence-corrected chi connectivity index (χ4v) is 4.66. The van der Waals surface area contributed by atoms with Crippen molar-refractivity contribution < 1.29 is 43.9 Å². The summed E-state index contributed by atoms with van der Waals surface area (Å²) in [7, 11) is 0. The van der Waals surface area contributed by atoms with Crippen molar-refractivity contribution >= 4 is 45.6 Å². The Morgan fingerprint density at radius 3 is 1.07 bits per heavy atom. The molecule has 222 valence electrons. The first-order valence-electron chi connectivity index (χ1n) is 12.3. The highest BCUT2D eigenvalue weighted by atomic mass is 19.2. The van der Waals surface area contributed by atoms with Crippen molar-refractivity contribution in [2.24, 2.45) is 9.98 Å². The van der Waals surface area contributed by atoms with E-state index in [2.05, 4.69) is 9.98 Å². The van der Waals surface area contributed by atoms with Gasteiger partial charge in [0.25, 0.3) is 0 Å². The molecule has 0 saturated carbocycles. The number of hydrogen-bond donors (Lipinski definition) is 0. The summed E-state index contributed by atoms with van der Waals surface area (Å²) < 4.78 is 142. The fourth-order valence-electron chi connectivity index (χ4n) is 4.66. The van der Waals surface area contributed by atoms with Crippen LogP contribution in [0.15, 0.2) is 70.9 Å². The average Bonchev–Trinajstić information content (AvgIpc) is 3.66. The molecule has 0 aliphatic heterocycles. The van der Waals surface area contributed by atoms with E-state index in [0.717, 1.165) is 12.4 Å². The van der Waals surface area contributed by atoms with Gasteiger partial charge >= 0.3 is 0 Å². The first-order chi connectivity index (χ1) is 21.0. The number of hydrogen-bond acceptors (Lipinski definition) is 2. The molecule has 0 aliphatic carbocycles. The van der Waals surface area contributed by atoms with E-state index in [0.29, 0.717) is 21.8 Å². The summed E-state index contributed by atoms with van der Waals surface area (Å²) in [5.74, 6) is -21.7. The molecule has 0 spiro atoms. The monoisotopic (exact) mass is 618 g/mol. The van der Waals surface area contributed by atoms with Crippen LogP contribution in [0.25, 0.3) is 21.8 Å². The van der Waals surface area contributed by atoms with Gasteiger partial charge in [-0.15, -0.1) is 0 Å². The molecular weight excluding hydrogens is 606 g/mol. The average molecular weight is 618 g/mol. The maximum atomic E-state index is 14.2. The molecule has 0 bridgehead atoms. The van der Waals surface area contributed by atoms with E-state index in [-0.39, 0.29) is 11.1 Å². The first-order valence-corrected chi connectivity index (χ1v) is 12.3. The lowest BCUT2D eigenvalue weighted by Crippen LogP contribution is -2.08. The number of aliphatic imine (C=N–C) groups is 2. The molecule has 0 fully saturated rings. The Bertz CT molecular complexity index is 1980. The summed E-state index contributed by atoms with van der Waals surface area (Å²) in [6.45, 7) is 0. The molecule has 0 aliphatic rings. The molecule has 4 aromatic carbocycles.